The molecule has 2 aromatic rings. The first-order chi connectivity index (χ1) is 10.7. The van der Waals surface area contributed by atoms with Crippen LogP contribution in [0, 0.1) is 5.82 Å². The van der Waals surface area contributed by atoms with E-state index in [2.05, 4.69) is 10.1 Å². The average molecular weight is 299 g/mol. The Morgan fingerprint density at radius 3 is 2.86 bits per heavy atom. The van der Waals surface area contributed by atoms with Crippen molar-refractivity contribution in [3.05, 3.63) is 59.5 Å². The van der Waals surface area contributed by atoms with Gasteiger partial charge in [-0.25, -0.2) is 14.4 Å². The first kappa shape index (κ1) is 14.2. The number of amides is 1. The van der Waals surface area contributed by atoms with Crippen LogP contribution in [0.1, 0.15) is 22.3 Å². The lowest BCUT2D eigenvalue weighted by Gasteiger charge is -2.11. The molecule has 6 heteroatoms. The summed E-state index contributed by atoms with van der Waals surface area (Å²) in [5.74, 6) is -0.223. The quantitative estimate of drug-likeness (QED) is 0.875. The lowest BCUT2D eigenvalue weighted by molar-refractivity contribution is 0.0778. The Labute approximate surface area is 127 Å². The summed E-state index contributed by atoms with van der Waals surface area (Å²) in [6.45, 7) is 0.469. The van der Waals surface area contributed by atoms with Crippen molar-refractivity contribution in [2.24, 2.45) is 5.10 Å². The van der Waals surface area contributed by atoms with Crippen LogP contribution >= 0.6 is 0 Å². The fraction of sp³-hybridized carbons (Fsp3) is 0.188. The van der Waals surface area contributed by atoms with E-state index in [1.807, 2.05) is 6.07 Å². The van der Waals surface area contributed by atoms with Crippen LogP contribution in [0.15, 0.2) is 47.7 Å². The number of halogens is 1. The summed E-state index contributed by atoms with van der Waals surface area (Å²) in [4.78, 5) is 16.4. The van der Waals surface area contributed by atoms with Crippen molar-refractivity contribution >= 4 is 11.6 Å². The third kappa shape index (κ3) is 2.81. The van der Waals surface area contributed by atoms with Gasteiger partial charge in [-0.05, 0) is 24.3 Å². The molecule has 0 N–H and O–H groups in total. The molecule has 0 spiro atoms. The number of carbonyl (C=O) groups is 1. The zero-order chi connectivity index (χ0) is 15.5. The van der Waals surface area contributed by atoms with Gasteiger partial charge in [0.15, 0.2) is 0 Å². The minimum absolute atomic E-state index is 0.290. The third-order valence-electron chi connectivity index (χ3n) is 3.39. The van der Waals surface area contributed by atoms with Gasteiger partial charge < -0.3 is 4.74 Å². The molecule has 2 heterocycles. The molecular weight excluding hydrogens is 285 g/mol. The van der Waals surface area contributed by atoms with Crippen molar-refractivity contribution in [1.82, 2.24) is 9.99 Å². The normalized spacial score (nSPS) is 13.9. The van der Waals surface area contributed by atoms with Crippen LogP contribution in [0.3, 0.4) is 0 Å². The standard InChI is InChI=1S/C16H14FN3O2/c1-22-15-6-5-12(10-18-15)14-7-8-20(19-14)16(21)11-3-2-4-13(17)9-11/h2-6,9-10H,7-8H2,1H3. The van der Waals surface area contributed by atoms with Gasteiger partial charge in [-0.2, -0.15) is 5.10 Å². The molecule has 112 valence electrons. The van der Waals surface area contributed by atoms with Gasteiger partial charge in [0.25, 0.3) is 5.91 Å². The van der Waals surface area contributed by atoms with Gasteiger partial charge in [-0.15, -0.1) is 0 Å². The molecule has 1 aromatic carbocycles. The fourth-order valence-electron chi connectivity index (χ4n) is 2.25. The van der Waals surface area contributed by atoms with Crippen LogP contribution in [-0.4, -0.2) is 35.3 Å². The fourth-order valence-corrected chi connectivity index (χ4v) is 2.25. The molecule has 1 aliphatic rings. The molecule has 1 aliphatic heterocycles. The zero-order valence-corrected chi connectivity index (χ0v) is 12.0. The molecule has 0 bridgehead atoms. The Morgan fingerprint density at radius 1 is 1.32 bits per heavy atom. The van der Waals surface area contributed by atoms with Crippen LogP contribution < -0.4 is 4.74 Å². The molecule has 1 aromatic heterocycles. The second-order valence-corrected chi connectivity index (χ2v) is 4.82. The van der Waals surface area contributed by atoms with Gasteiger partial charge >= 0.3 is 0 Å². The molecule has 0 atom stereocenters. The Bertz CT molecular complexity index is 728. The summed E-state index contributed by atoms with van der Waals surface area (Å²) in [5, 5.41) is 5.67. The molecule has 0 radical (unpaired) electrons. The number of carbonyl (C=O) groups excluding carboxylic acids is 1. The van der Waals surface area contributed by atoms with Gasteiger partial charge in [0, 0.05) is 29.8 Å². The molecule has 3 rings (SSSR count). The van der Waals surface area contributed by atoms with Crippen LogP contribution in [-0.2, 0) is 0 Å². The number of aromatic nitrogens is 1. The first-order valence-electron chi connectivity index (χ1n) is 6.83. The SMILES string of the molecule is COc1ccc(C2=NN(C(=O)c3cccc(F)c3)CC2)cn1. The number of ether oxygens (including phenoxy) is 1. The van der Waals surface area contributed by atoms with E-state index in [1.54, 1.807) is 25.4 Å². The van der Waals surface area contributed by atoms with E-state index in [0.29, 0.717) is 18.8 Å². The lowest BCUT2D eigenvalue weighted by atomic mass is 10.1. The highest BCUT2D eigenvalue weighted by Crippen LogP contribution is 2.17. The highest BCUT2D eigenvalue weighted by atomic mass is 19.1. The van der Waals surface area contributed by atoms with E-state index in [0.717, 1.165) is 11.3 Å². The van der Waals surface area contributed by atoms with Crippen molar-refractivity contribution in [3.63, 3.8) is 0 Å². The number of hydrogen-bond acceptors (Lipinski definition) is 4. The smallest absolute Gasteiger partial charge is 0.274 e. The number of rotatable bonds is 3. The highest BCUT2D eigenvalue weighted by Gasteiger charge is 2.23. The minimum atomic E-state index is -0.436. The van der Waals surface area contributed by atoms with Gasteiger partial charge in [-0.1, -0.05) is 6.07 Å². The van der Waals surface area contributed by atoms with Crippen molar-refractivity contribution in [2.75, 3.05) is 13.7 Å². The summed E-state index contributed by atoms with van der Waals surface area (Å²) in [6, 6.07) is 9.20. The van der Waals surface area contributed by atoms with E-state index in [1.165, 1.54) is 23.2 Å². The Hall–Kier alpha value is -2.76. The second-order valence-electron chi connectivity index (χ2n) is 4.82. The van der Waals surface area contributed by atoms with E-state index in [4.69, 9.17) is 4.74 Å². The second kappa shape index (κ2) is 5.93. The van der Waals surface area contributed by atoms with Crippen molar-refractivity contribution in [2.45, 2.75) is 6.42 Å². The molecule has 0 unspecified atom stereocenters. The summed E-state index contributed by atoms with van der Waals surface area (Å²) < 4.78 is 18.2. The van der Waals surface area contributed by atoms with Crippen LogP contribution in [0.5, 0.6) is 5.88 Å². The lowest BCUT2D eigenvalue weighted by Crippen LogP contribution is -2.23. The van der Waals surface area contributed by atoms with Gasteiger partial charge in [0.1, 0.15) is 5.82 Å². The Morgan fingerprint density at radius 2 is 2.18 bits per heavy atom. The van der Waals surface area contributed by atoms with E-state index in [9.17, 15) is 9.18 Å². The first-order valence-corrected chi connectivity index (χ1v) is 6.83. The van der Waals surface area contributed by atoms with Gasteiger partial charge in [0.05, 0.1) is 19.4 Å². The molecule has 5 nitrogen and oxygen atoms in total. The van der Waals surface area contributed by atoms with Crippen molar-refractivity contribution in [3.8, 4) is 5.88 Å². The average Bonchev–Trinajstić information content (AvgIpc) is 3.04. The maximum Gasteiger partial charge on any atom is 0.274 e. The van der Waals surface area contributed by atoms with Crippen molar-refractivity contribution in [1.29, 1.82) is 0 Å². The number of hydrogen-bond donors (Lipinski definition) is 0. The van der Waals surface area contributed by atoms with Gasteiger partial charge in [0.2, 0.25) is 5.88 Å². The van der Waals surface area contributed by atoms with Crippen LogP contribution in [0.4, 0.5) is 4.39 Å². The minimum Gasteiger partial charge on any atom is -0.481 e. The molecule has 0 aliphatic carbocycles. The van der Waals surface area contributed by atoms with E-state index < -0.39 is 5.82 Å². The van der Waals surface area contributed by atoms with Crippen molar-refractivity contribution < 1.29 is 13.9 Å². The maximum atomic E-state index is 13.2. The molecular formula is C16H14FN3O2. The Kier molecular flexibility index (Phi) is 3.82. The summed E-state index contributed by atoms with van der Waals surface area (Å²) >= 11 is 0. The number of benzene rings is 1. The van der Waals surface area contributed by atoms with Crippen LogP contribution in [0.2, 0.25) is 0 Å². The summed E-state index contributed by atoms with van der Waals surface area (Å²) in [6.07, 6.45) is 2.29. The number of hydrazone groups is 1. The highest BCUT2D eigenvalue weighted by molar-refractivity contribution is 6.04. The van der Waals surface area contributed by atoms with E-state index in [-0.39, 0.29) is 11.5 Å². The Balaban J connectivity index is 1.80. The molecule has 0 saturated carbocycles. The summed E-state index contributed by atoms with van der Waals surface area (Å²) in [7, 11) is 1.55. The predicted octanol–water partition coefficient (Wildman–Crippen LogP) is 2.48. The van der Waals surface area contributed by atoms with Gasteiger partial charge in [-0.3, -0.25) is 4.79 Å². The number of methoxy groups -OCH3 is 1. The summed E-state index contributed by atoms with van der Waals surface area (Å²) in [5.41, 5.74) is 1.91. The molecule has 1 amide bonds. The molecule has 0 fully saturated rings. The monoisotopic (exact) mass is 299 g/mol. The third-order valence-corrected chi connectivity index (χ3v) is 3.39. The largest absolute Gasteiger partial charge is 0.481 e. The molecule has 0 saturated heterocycles. The molecule has 22 heavy (non-hydrogen) atoms. The van der Waals surface area contributed by atoms with Crippen LogP contribution in [0.25, 0.3) is 0 Å². The zero-order valence-electron chi connectivity index (χ0n) is 12.0. The topological polar surface area (TPSA) is 54.8 Å². The number of nitrogens with zero attached hydrogens (tertiary/aromatic N) is 3. The maximum absolute atomic E-state index is 13.2. The number of pyridine rings is 1. The van der Waals surface area contributed by atoms with E-state index >= 15 is 0 Å². The predicted molar refractivity (Wildman–Crippen MR) is 79.4 cm³/mol.